The molecule has 0 N–H and O–H groups in total. The standard InChI is InChI=1S/C18H16N2O2S/c1-12-4-3-5-16-13(2)10-17(19-18(12)16)23-11-14-6-8-15(9-7-14)20(21)22/h3-10H,11H2,1-2H3. The molecule has 116 valence electrons. The molecule has 0 amide bonds. The summed E-state index contributed by atoms with van der Waals surface area (Å²) in [6, 6.07) is 15.0. The summed E-state index contributed by atoms with van der Waals surface area (Å²) in [5, 5.41) is 12.8. The first kappa shape index (κ1) is 15.5. The van der Waals surface area contributed by atoms with E-state index >= 15 is 0 Å². The summed E-state index contributed by atoms with van der Waals surface area (Å²) in [7, 11) is 0. The minimum atomic E-state index is -0.381. The molecule has 5 heteroatoms. The molecule has 3 aromatic rings. The van der Waals surface area contributed by atoms with Crippen molar-refractivity contribution in [3.63, 3.8) is 0 Å². The predicted octanol–water partition coefficient (Wildman–Crippen LogP) is 5.05. The van der Waals surface area contributed by atoms with E-state index in [1.807, 2.05) is 0 Å². The Balaban J connectivity index is 1.81. The highest BCUT2D eigenvalue weighted by Gasteiger charge is 2.07. The third-order valence-electron chi connectivity index (χ3n) is 3.76. The first-order valence-electron chi connectivity index (χ1n) is 7.28. The van der Waals surface area contributed by atoms with E-state index in [0.29, 0.717) is 0 Å². The molecular weight excluding hydrogens is 308 g/mol. The zero-order valence-electron chi connectivity index (χ0n) is 12.9. The molecule has 0 aliphatic heterocycles. The lowest BCUT2D eigenvalue weighted by Crippen LogP contribution is -1.91. The van der Waals surface area contributed by atoms with Crippen molar-refractivity contribution < 1.29 is 4.92 Å². The van der Waals surface area contributed by atoms with Crippen LogP contribution in [0.5, 0.6) is 0 Å². The molecule has 0 radical (unpaired) electrons. The lowest BCUT2D eigenvalue weighted by atomic mass is 10.1. The number of hydrogen-bond acceptors (Lipinski definition) is 4. The van der Waals surface area contributed by atoms with E-state index in [0.717, 1.165) is 21.9 Å². The molecule has 0 spiro atoms. The number of aryl methyl sites for hydroxylation is 2. The Morgan fingerprint density at radius 3 is 2.52 bits per heavy atom. The average Bonchev–Trinajstić information content (AvgIpc) is 2.54. The Kier molecular flexibility index (Phi) is 4.30. The number of hydrogen-bond donors (Lipinski definition) is 0. The summed E-state index contributed by atoms with van der Waals surface area (Å²) in [5.41, 5.74) is 4.59. The Bertz CT molecular complexity index is 876. The van der Waals surface area contributed by atoms with Crippen molar-refractivity contribution in [1.82, 2.24) is 4.98 Å². The van der Waals surface area contributed by atoms with Gasteiger partial charge in [0, 0.05) is 23.3 Å². The van der Waals surface area contributed by atoms with Crippen molar-refractivity contribution in [2.75, 3.05) is 0 Å². The molecule has 1 aromatic heterocycles. The van der Waals surface area contributed by atoms with Gasteiger partial charge in [0.05, 0.1) is 15.5 Å². The Morgan fingerprint density at radius 1 is 1.09 bits per heavy atom. The molecule has 0 aliphatic rings. The highest BCUT2D eigenvalue weighted by molar-refractivity contribution is 7.98. The minimum Gasteiger partial charge on any atom is -0.258 e. The number of nitro groups is 1. The topological polar surface area (TPSA) is 56.0 Å². The minimum absolute atomic E-state index is 0.119. The smallest absolute Gasteiger partial charge is 0.258 e. The molecule has 3 rings (SSSR count). The van der Waals surface area contributed by atoms with Gasteiger partial charge in [0.2, 0.25) is 0 Å². The summed E-state index contributed by atoms with van der Waals surface area (Å²) >= 11 is 1.64. The Morgan fingerprint density at radius 2 is 1.83 bits per heavy atom. The van der Waals surface area contributed by atoms with Gasteiger partial charge in [-0.2, -0.15) is 0 Å². The number of aromatic nitrogens is 1. The lowest BCUT2D eigenvalue weighted by Gasteiger charge is -2.08. The summed E-state index contributed by atoms with van der Waals surface area (Å²) in [6.07, 6.45) is 0. The average molecular weight is 324 g/mol. The number of pyridine rings is 1. The number of nitro benzene ring substituents is 1. The summed E-state index contributed by atoms with van der Waals surface area (Å²) in [5.74, 6) is 0.738. The Labute approximate surface area is 138 Å². The second kappa shape index (κ2) is 6.38. The van der Waals surface area contributed by atoms with Crippen LogP contribution in [0.4, 0.5) is 5.69 Å². The van der Waals surface area contributed by atoms with Gasteiger partial charge < -0.3 is 0 Å². The molecule has 0 bridgehead atoms. The maximum absolute atomic E-state index is 10.7. The third kappa shape index (κ3) is 3.35. The number of nitrogens with zero attached hydrogens (tertiary/aromatic N) is 2. The molecule has 2 aromatic carbocycles. The van der Waals surface area contributed by atoms with Crippen LogP contribution in [0.25, 0.3) is 10.9 Å². The molecule has 1 heterocycles. The maximum Gasteiger partial charge on any atom is 0.269 e. The zero-order chi connectivity index (χ0) is 16.4. The molecule has 23 heavy (non-hydrogen) atoms. The highest BCUT2D eigenvalue weighted by atomic mass is 32.2. The molecular formula is C18H16N2O2S. The number of para-hydroxylation sites is 1. The molecule has 4 nitrogen and oxygen atoms in total. The van der Waals surface area contributed by atoms with E-state index in [1.165, 1.54) is 16.5 Å². The van der Waals surface area contributed by atoms with Gasteiger partial charge in [-0.3, -0.25) is 10.1 Å². The number of benzene rings is 2. The molecule has 0 atom stereocenters. The SMILES string of the molecule is Cc1cc(SCc2ccc([N+](=O)[O-])cc2)nc2c(C)cccc12. The molecule has 0 unspecified atom stereocenters. The van der Waals surface area contributed by atoms with Crippen LogP contribution in [0, 0.1) is 24.0 Å². The van der Waals surface area contributed by atoms with Gasteiger partial charge in [0.15, 0.2) is 0 Å². The lowest BCUT2D eigenvalue weighted by molar-refractivity contribution is -0.384. The van der Waals surface area contributed by atoms with E-state index in [9.17, 15) is 10.1 Å². The van der Waals surface area contributed by atoms with Crippen LogP contribution in [0.1, 0.15) is 16.7 Å². The van der Waals surface area contributed by atoms with Crippen molar-refractivity contribution in [2.45, 2.75) is 24.6 Å². The van der Waals surface area contributed by atoms with E-state index in [1.54, 1.807) is 36.0 Å². The normalized spacial score (nSPS) is 10.9. The van der Waals surface area contributed by atoms with Gasteiger partial charge in [0.1, 0.15) is 0 Å². The number of thioether (sulfide) groups is 1. The van der Waals surface area contributed by atoms with Crippen LogP contribution in [0.15, 0.2) is 53.6 Å². The van der Waals surface area contributed by atoms with Crippen LogP contribution < -0.4 is 0 Å². The van der Waals surface area contributed by atoms with E-state index in [2.05, 4.69) is 38.1 Å². The van der Waals surface area contributed by atoms with Gasteiger partial charge in [-0.25, -0.2) is 4.98 Å². The van der Waals surface area contributed by atoms with E-state index in [-0.39, 0.29) is 10.6 Å². The fourth-order valence-electron chi connectivity index (χ4n) is 2.48. The fourth-order valence-corrected chi connectivity index (χ4v) is 3.40. The molecule has 0 aliphatic carbocycles. The number of rotatable bonds is 4. The van der Waals surface area contributed by atoms with Crippen molar-refractivity contribution in [3.8, 4) is 0 Å². The largest absolute Gasteiger partial charge is 0.269 e. The third-order valence-corrected chi connectivity index (χ3v) is 4.74. The first-order chi connectivity index (χ1) is 11.0. The van der Waals surface area contributed by atoms with Gasteiger partial charge >= 0.3 is 0 Å². The summed E-state index contributed by atoms with van der Waals surface area (Å²) in [6.45, 7) is 4.17. The van der Waals surface area contributed by atoms with Crippen LogP contribution in [-0.4, -0.2) is 9.91 Å². The second-order valence-electron chi connectivity index (χ2n) is 5.46. The fraction of sp³-hybridized carbons (Fsp3) is 0.167. The number of fused-ring (bicyclic) bond motifs is 1. The van der Waals surface area contributed by atoms with Crippen molar-refractivity contribution >= 4 is 28.4 Å². The quantitative estimate of drug-likeness (QED) is 0.383. The number of non-ortho nitro benzene ring substituents is 1. The van der Waals surface area contributed by atoms with Crippen LogP contribution in [0.2, 0.25) is 0 Å². The van der Waals surface area contributed by atoms with Crippen LogP contribution >= 0.6 is 11.8 Å². The maximum atomic E-state index is 10.7. The monoisotopic (exact) mass is 324 g/mol. The van der Waals surface area contributed by atoms with Crippen LogP contribution in [0.3, 0.4) is 0 Å². The van der Waals surface area contributed by atoms with Gasteiger partial charge in [-0.1, -0.05) is 30.3 Å². The van der Waals surface area contributed by atoms with E-state index < -0.39 is 0 Å². The van der Waals surface area contributed by atoms with Gasteiger partial charge in [0.25, 0.3) is 5.69 Å². The van der Waals surface area contributed by atoms with Crippen molar-refractivity contribution in [3.05, 3.63) is 75.3 Å². The summed E-state index contributed by atoms with van der Waals surface area (Å²) < 4.78 is 0. The second-order valence-corrected chi connectivity index (χ2v) is 6.46. The summed E-state index contributed by atoms with van der Waals surface area (Å²) in [4.78, 5) is 15.0. The van der Waals surface area contributed by atoms with Gasteiger partial charge in [-0.15, -0.1) is 11.8 Å². The van der Waals surface area contributed by atoms with Crippen molar-refractivity contribution in [1.29, 1.82) is 0 Å². The molecule has 0 fully saturated rings. The van der Waals surface area contributed by atoms with Crippen molar-refractivity contribution in [2.24, 2.45) is 0 Å². The molecule has 0 saturated heterocycles. The Hall–Kier alpha value is -2.40. The zero-order valence-corrected chi connectivity index (χ0v) is 13.8. The van der Waals surface area contributed by atoms with Crippen LogP contribution in [-0.2, 0) is 5.75 Å². The van der Waals surface area contributed by atoms with Gasteiger partial charge in [-0.05, 0) is 36.6 Å². The first-order valence-corrected chi connectivity index (χ1v) is 8.26. The highest BCUT2D eigenvalue weighted by Crippen LogP contribution is 2.28. The van der Waals surface area contributed by atoms with E-state index in [4.69, 9.17) is 4.98 Å². The molecule has 0 saturated carbocycles. The predicted molar refractivity (Wildman–Crippen MR) is 93.9 cm³/mol.